The molecule has 1 saturated heterocycles. The Morgan fingerprint density at radius 1 is 1.45 bits per heavy atom. The Morgan fingerprint density at radius 2 is 2.20 bits per heavy atom. The number of aromatic nitrogens is 1. The van der Waals surface area contributed by atoms with Crippen molar-refractivity contribution in [2.24, 2.45) is 0 Å². The van der Waals surface area contributed by atoms with Crippen LogP contribution in [0.5, 0.6) is 0 Å². The summed E-state index contributed by atoms with van der Waals surface area (Å²) >= 11 is 3.46. The topological polar surface area (TPSA) is 33.2 Å². The molecule has 1 aromatic rings. The van der Waals surface area contributed by atoms with Gasteiger partial charge in [0, 0.05) is 24.2 Å². The van der Waals surface area contributed by atoms with E-state index >= 15 is 0 Å². The van der Waals surface area contributed by atoms with E-state index in [4.69, 9.17) is 0 Å². The molecule has 1 unspecified atom stereocenters. The SMILES string of the molecule is CCCc1nc(CSC(C)C(=O)N2CCCCC2)cs1. The molecule has 0 spiro atoms. The van der Waals surface area contributed by atoms with Gasteiger partial charge in [-0.3, -0.25) is 4.79 Å². The molecule has 0 bridgehead atoms. The number of hydrogen-bond donors (Lipinski definition) is 0. The number of aryl methyl sites for hydroxylation is 1. The zero-order valence-electron chi connectivity index (χ0n) is 12.4. The van der Waals surface area contributed by atoms with E-state index in [1.807, 2.05) is 11.8 Å². The summed E-state index contributed by atoms with van der Waals surface area (Å²) in [7, 11) is 0. The van der Waals surface area contributed by atoms with E-state index < -0.39 is 0 Å². The quantitative estimate of drug-likeness (QED) is 0.802. The molecule has 2 rings (SSSR count). The van der Waals surface area contributed by atoms with Gasteiger partial charge in [-0.1, -0.05) is 6.92 Å². The molecule has 1 aliphatic heterocycles. The van der Waals surface area contributed by atoms with Crippen LogP contribution in [0, 0.1) is 0 Å². The molecule has 0 aliphatic carbocycles. The van der Waals surface area contributed by atoms with Crippen LogP contribution in [0.1, 0.15) is 50.2 Å². The van der Waals surface area contributed by atoms with Crippen LogP contribution in [0.3, 0.4) is 0 Å². The van der Waals surface area contributed by atoms with Crippen molar-refractivity contribution in [2.45, 2.75) is 57.0 Å². The maximum Gasteiger partial charge on any atom is 0.235 e. The summed E-state index contributed by atoms with van der Waals surface area (Å²) in [5, 5.41) is 3.40. The Hall–Kier alpha value is -0.550. The number of likely N-dealkylation sites (tertiary alicyclic amines) is 1. The Kier molecular flexibility index (Phi) is 6.36. The molecule has 1 aliphatic rings. The zero-order chi connectivity index (χ0) is 14.4. The lowest BCUT2D eigenvalue weighted by Gasteiger charge is -2.28. The molecule has 20 heavy (non-hydrogen) atoms. The van der Waals surface area contributed by atoms with Crippen LogP contribution < -0.4 is 0 Å². The van der Waals surface area contributed by atoms with Gasteiger partial charge in [0.2, 0.25) is 5.91 Å². The summed E-state index contributed by atoms with van der Waals surface area (Å²) in [6.07, 6.45) is 5.80. The number of rotatable bonds is 6. The number of piperidine rings is 1. The van der Waals surface area contributed by atoms with Gasteiger partial charge in [0.15, 0.2) is 0 Å². The van der Waals surface area contributed by atoms with Crippen molar-refractivity contribution in [3.8, 4) is 0 Å². The molecule has 5 heteroatoms. The second kappa shape index (κ2) is 8.03. The summed E-state index contributed by atoms with van der Waals surface area (Å²) < 4.78 is 0. The number of thioether (sulfide) groups is 1. The Balaban J connectivity index is 1.78. The van der Waals surface area contributed by atoms with E-state index in [2.05, 4.69) is 17.3 Å². The van der Waals surface area contributed by atoms with Gasteiger partial charge in [-0.25, -0.2) is 4.98 Å². The molecule has 112 valence electrons. The van der Waals surface area contributed by atoms with Gasteiger partial charge < -0.3 is 4.90 Å². The van der Waals surface area contributed by atoms with Gasteiger partial charge in [0.1, 0.15) is 0 Å². The van der Waals surface area contributed by atoms with Crippen molar-refractivity contribution in [2.75, 3.05) is 13.1 Å². The van der Waals surface area contributed by atoms with Gasteiger partial charge >= 0.3 is 0 Å². The summed E-state index contributed by atoms with van der Waals surface area (Å²) in [5.41, 5.74) is 1.13. The molecule has 1 aromatic heterocycles. The van der Waals surface area contributed by atoms with Crippen molar-refractivity contribution < 1.29 is 4.79 Å². The van der Waals surface area contributed by atoms with Crippen LogP contribution in [0.2, 0.25) is 0 Å². The smallest absolute Gasteiger partial charge is 0.235 e. The van der Waals surface area contributed by atoms with Gasteiger partial charge in [0.25, 0.3) is 0 Å². The molecular weight excluding hydrogens is 288 g/mol. The number of hydrogen-bond acceptors (Lipinski definition) is 4. The van der Waals surface area contributed by atoms with Crippen LogP contribution in [-0.2, 0) is 17.0 Å². The Morgan fingerprint density at radius 3 is 2.90 bits per heavy atom. The first kappa shape index (κ1) is 15.8. The third-order valence-corrected chi connectivity index (χ3v) is 5.68. The third-order valence-electron chi connectivity index (χ3n) is 3.56. The molecule has 0 saturated carbocycles. The van der Waals surface area contributed by atoms with Gasteiger partial charge in [-0.2, -0.15) is 0 Å². The molecule has 1 atom stereocenters. The average Bonchev–Trinajstić information content (AvgIpc) is 2.93. The van der Waals surface area contributed by atoms with E-state index in [0.717, 1.165) is 50.2 Å². The van der Waals surface area contributed by atoms with Crippen LogP contribution in [0.4, 0.5) is 0 Å². The van der Waals surface area contributed by atoms with Crippen molar-refractivity contribution in [1.82, 2.24) is 9.88 Å². The minimum atomic E-state index is 0.0458. The summed E-state index contributed by atoms with van der Waals surface area (Å²) in [5.74, 6) is 1.15. The molecule has 0 radical (unpaired) electrons. The maximum absolute atomic E-state index is 12.3. The minimum Gasteiger partial charge on any atom is -0.342 e. The van der Waals surface area contributed by atoms with Gasteiger partial charge in [-0.15, -0.1) is 23.1 Å². The minimum absolute atomic E-state index is 0.0458. The fourth-order valence-corrected chi connectivity index (χ4v) is 4.26. The summed E-state index contributed by atoms with van der Waals surface area (Å²) in [4.78, 5) is 19.0. The van der Waals surface area contributed by atoms with E-state index in [1.54, 1.807) is 23.1 Å². The number of nitrogens with zero attached hydrogens (tertiary/aromatic N) is 2. The Labute approximate surface area is 130 Å². The van der Waals surface area contributed by atoms with E-state index in [0.29, 0.717) is 5.91 Å². The van der Waals surface area contributed by atoms with Gasteiger partial charge in [-0.05, 0) is 39.0 Å². The van der Waals surface area contributed by atoms with E-state index in [9.17, 15) is 4.79 Å². The first-order valence-electron chi connectivity index (χ1n) is 7.54. The number of carbonyl (C=O) groups excluding carboxylic acids is 1. The van der Waals surface area contributed by atoms with Crippen molar-refractivity contribution in [3.63, 3.8) is 0 Å². The van der Waals surface area contributed by atoms with Gasteiger partial charge in [0.05, 0.1) is 16.0 Å². The molecular formula is C15H24N2OS2. The van der Waals surface area contributed by atoms with E-state index in [1.165, 1.54) is 11.4 Å². The monoisotopic (exact) mass is 312 g/mol. The average molecular weight is 313 g/mol. The third kappa shape index (κ3) is 4.48. The van der Waals surface area contributed by atoms with Crippen molar-refractivity contribution in [3.05, 3.63) is 16.1 Å². The fraction of sp³-hybridized carbons (Fsp3) is 0.733. The standard InChI is InChI=1S/C15H24N2OS2/c1-3-7-14-16-13(11-20-14)10-19-12(2)15(18)17-8-5-4-6-9-17/h11-12H,3-10H2,1-2H3. The van der Waals surface area contributed by atoms with Crippen LogP contribution in [0.15, 0.2) is 5.38 Å². The lowest BCUT2D eigenvalue weighted by atomic mass is 10.1. The number of amides is 1. The molecule has 1 fully saturated rings. The first-order valence-corrected chi connectivity index (χ1v) is 9.47. The van der Waals surface area contributed by atoms with Crippen LogP contribution >= 0.6 is 23.1 Å². The second-order valence-electron chi connectivity index (χ2n) is 5.32. The Bertz CT molecular complexity index is 427. The zero-order valence-corrected chi connectivity index (χ0v) is 14.1. The summed E-state index contributed by atoms with van der Waals surface area (Å²) in [6.45, 7) is 6.10. The molecule has 1 amide bonds. The van der Waals surface area contributed by atoms with Crippen molar-refractivity contribution in [1.29, 1.82) is 0 Å². The molecule has 2 heterocycles. The maximum atomic E-state index is 12.3. The predicted octanol–water partition coefficient (Wildman–Crippen LogP) is 3.73. The highest BCUT2D eigenvalue weighted by Gasteiger charge is 2.22. The molecule has 0 aromatic carbocycles. The second-order valence-corrected chi connectivity index (χ2v) is 7.59. The highest BCUT2D eigenvalue weighted by atomic mass is 32.2. The predicted molar refractivity (Wildman–Crippen MR) is 87.3 cm³/mol. The lowest BCUT2D eigenvalue weighted by molar-refractivity contribution is -0.131. The summed E-state index contributed by atoms with van der Waals surface area (Å²) in [6, 6.07) is 0. The highest BCUT2D eigenvalue weighted by molar-refractivity contribution is 7.99. The number of carbonyl (C=O) groups is 1. The highest BCUT2D eigenvalue weighted by Crippen LogP contribution is 2.22. The van der Waals surface area contributed by atoms with Crippen LogP contribution in [-0.4, -0.2) is 34.1 Å². The van der Waals surface area contributed by atoms with Crippen LogP contribution in [0.25, 0.3) is 0 Å². The molecule has 0 N–H and O–H groups in total. The first-order chi connectivity index (χ1) is 9.70. The number of thiazole rings is 1. The largest absolute Gasteiger partial charge is 0.342 e. The lowest BCUT2D eigenvalue weighted by Crippen LogP contribution is -2.40. The normalized spacial score (nSPS) is 17.2. The van der Waals surface area contributed by atoms with Crippen molar-refractivity contribution >= 4 is 29.0 Å². The van der Waals surface area contributed by atoms with E-state index in [-0.39, 0.29) is 5.25 Å². The fourth-order valence-electron chi connectivity index (χ4n) is 2.40. The molecule has 3 nitrogen and oxygen atoms in total.